The second-order valence-electron chi connectivity index (χ2n) is 7.64. The molecule has 0 spiro atoms. The summed E-state index contributed by atoms with van der Waals surface area (Å²) in [5.41, 5.74) is 0.946. The number of methoxy groups -OCH3 is 3. The Kier molecular flexibility index (Phi) is 7.71. The molecule has 0 saturated carbocycles. The van der Waals surface area contributed by atoms with E-state index in [0.29, 0.717) is 38.7 Å². The molecule has 0 aliphatic heterocycles. The van der Waals surface area contributed by atoms with E-state index in [9.17, 15) is 14.9 Å². The number of para-hydroxylation sites is 3. The SMILES string of the molecule is COc1ccc(OC)c(C=c2sc(=C(C#N)C(=O)Nc3ccccc3OC)n(-c3ccccc3)c2=O)c1. The normalized spacial score (nSPS) is 11.9. The van der Waals surface area contributed by atoms with E-state index in [0.717, 1.165) is 11.3 Å². The molecule has 1 amide bonds. The van der Waals surface area contributed by atoms with Gasteiger partial charge in [-0.05, 0) is 48.5 Å². The fraction of sp³-hybridized carbons (Fsp3) is 0.107. The molecule has 0 saturated heterocycles. The molecule has 0 bridgehead atoms. The molecule has 1 heterocycles. The first kappa shape index (κ1) is 25.3. The fourth-order valence-electron chi connectivity index (χ4n) is 3.68. The molecule has 37 heavy (non-hydrogen) atoms. The number of aromatic nitrogens is 1. The highest BCUT2D eigenvalue weighted by Crippen LogP contribution is 2.25. The van der Waals surface area contributed by atoms with E-state index in [-0.39, 0.29) is 15.8 Å². The van der Waals surface area contributed by atoms with Gasteiger partial charge < -0.3 is 19.5 Å². The monoisotopic (exact) mass is 513 g/mol. The number of nitrogens with one attached hydrogen (secondary N) is 1. The van der Waals surface area contributed by atoms with Crippen LogP contribution in [0.4, 0.5) is 5.69 Å². The van der Waals surface area contributed by atoms with E-state index in [2.05, 4.69) is 5.32 Å². The molecule has 186 valence electrons. The molecule has 4 rings (SSSR count). The quantitative estimate of drug-likeness (QED) is 0.408. The van der Waals surface area contributed by atoms with Gasteiger partial charge in [-0.15, -0.1) is 11.3 Å². The summed E-state index contributed by atoms with van der Waals surface area (Å²) >= 11 is 1.04. The average molecular weight is 514 g/mol. The molecule has 4 aromatic rings. The van der Waals surface area contributed by atoms with Crippen molar-refractivity contribution >= 4 is 34.6 Å². The number of ether oxygens (including phenoxy) is 3. The van der Waals surface area contributed by atoms with Crippen molar-refractivity contribution in [3.63, 3.8) is 0 Å². The molecule has 0 aliphatic rings. The van der Waals surface area contributed by atoms with Gasteiger partial charge in [0.25, 0.3) is 11.5 Å². The van der Waals surface area contributed by atoms with Crippen molar-refractivity contribution in [2.75, 3.05) is 26.6 Å². The molecule has 0 radical (unpaired) electrons. The van der Waals surface area contributed by atoms with E-state index in [1.807, 2.05) is 12.1 Å². The van der Waals surface area contributed by atoms with E-state index >= 15 is 0 Å². The maximum Gasteiger partial charge on any atom is 0.273 e. The maximum absolute atomic E-state index is 13.6. The molecular weight excluding hydrogens is 490 g/mol. The molecule has 1 aromatic heterocycles. The minimum absolute atomic E-state index is 0.194. The van der Waals surface area contributed by atoms with E-state index in [1.165, 1.54) is 18.8 Å². The first-order valence-corrected chi connectivity index (χ1v) is 11.9. The zero-order chi connectivity index (χ0) is 26.4. The van der Waals surface area contributed by atoms with Gasteiger partial charge in [-0.25, -0.2) is 0 Å². The van der Waals surface area contributed by atoms with Crippen molar-refractivity contribution in [1.29, 1.82) is 5.26 Å². The van der Waals surface area contributed by atoms with Crippen LogP contribution < -0.4 is 34.3 Å². The first-order valence-electron chi connectivity index (χ1n) is 11.1. The van der Waals surface area contributed by atoms with Gasteiger partial charge in [0.2, 0.25) is 0 Å². The summed E-state index contributed by atoms with van der Waals surface area (Å²) in [4.78, 5) is 26.9. The number of hydrogen-bond acceptors (Lipinski definition) is 7. The Bertz CT molecular complexity index is 1670. The standard InChI is InChI=1S/C28H23N3O5S/c1-34-20-13-14-23(35-2)18(15-20)16-25-27(33)31(19-9-5-4-6-10-19)28(37-25)21(17-29)26(32)30-22-11-7-8-12-24(22)36-3/h4-16H,1-3H3,(H,30,32). The van der Waals surface area contributed by atoms with Crippen LogP contribution in [0, 0.1) is 11.3 Å². The lowest BCUT2D eigenvalue weighted by Crippen LogP contribution is -2.32. The molecule has 0 fully saturated rings. The minimum atomic E-state index is -0.663. The van der Waals surface area contributed by atoms with Gasteiger partial charge in [0.1, 0.15) is 28.0 Å². The molecule has 3 aromatic carbocycles. The topological polar surface area (TPSA) is 103 Å². The molecule has 9 heteroatoms. The summed E-state index contributed by atoms with van der Waals surface area (Å²) in [5.74, 6) is 0.912. The number of amides is 1. The maximum atomic E-state index is 13.6. The minimum Gasteiger partial charge on any atom is -0.497 e. The summed E-state index contributed by atoms with van der Waals surface area (Å²) in [6, 6.07) is 22.9. The second kappa shape index (κ2) is 11.3. The number of anilines is 1. The van der Waals surface area contributed by atoms with Crippen LogP contribution in [0.1, 0.15) is 5.56 Å². The average Bonchev–Trinajstić information content (AvgIpc) is 3.24. The molecule has 1 N–H and O–H groups in total. The van der Waals surface area contributed by atoms with Crippen LogP contribution in [0.15, 0.2) is 77.6 Å². The molecule has 0 aliphatic carbocycles. The Balaban J connectivity index is 1.98. The van der Waals surface area contributed by atoms with Crippen LogP contribution in [0.2, 0.25) is 0 Å². The van der Waals surface area contributed by atoms with Crippen molar-refractivity contribution in [2.45, 2.75) is 0 Å². The van der Waals surface area contributed by atoms with Crippen molar-refractivity contribution in [3.05, 3.63) is 97.9 Å². The number of carbonyl (C=O) groups excluding carboxylic acids is 1. The zero-order valence-corrected chi connectivity index (χ0v) is 21.2. The largest absolute Gasteiger partial charge is 0.497 e. The third-order valence-corrected chi connectivity index (χ3v) is 6.56. The highest BCUT2D eigenvalue weighted by Gasteiger charge is 2.18. The predicted molar refractivity (Wildman–Crippen MR) is 143 cm³/mol. The highest BCUT2D eigenvalue weighted by atomic mass is 32.1. The zero-order valence-electron chi connectivity index (χ0n) is 20.3. The number of hydrogen-bond donors (Lipinski definition) is 1. The first-order chi connectivity index (χ1) is 18.0. The molecule has 8 nitrogen and oxygen atoms in total. The van der Waals surface area contributed by atoms with Crippen molar-refractivity contribution < 1.29 is 19.0 Å². The summed E-state index contributed by atoms with van der Waals surface area (Å²) in [5, 5.41) is 12.8. The third kappa shape index (κ3) is 5.24. The van der Waals surface area contributed by atoms with Crippen LogP contribution in [0.25, 0.3) is 17.3 Å². The number of nitrogens with zero attached hydrogens (tertiary/aromatic N) is 2. The summed E-state index contributed by atoms with van der Waals surface area (Å²) in [6.45, 7) is 0. The number of carbonyl (C=O) groups is 1. The van der Waals surface area contributed by atoms with Gasteiger partial charge in [0, 0.05) is 5.56 Å². The Hall–Kier alpha value is -4.81. The fourth-order valence-corrected chi connectivity index (χ4v) is 4.78. The van der Waals surface area contributed by atoms with Crippen LogP contribution in [-0.4, -0.2) is 31.8 Å². The predicted octanol–water partition coefficient (Wildman–Crippen LogP) is 3.07. The van der Waals surface area contributed by atoms with Gasteiger partial charge in [-0.3, -0.25) is 14.2 Å². The van der Waals surface area contributed by atoms with Gasteiger partial charge in [-0.2, -0.15) is 5.26 Å². The van der Waals surface area contributed by atoms with E-state index in [1.54, 1.807) is 79.9 Å². The van der Waals surface area contributed by atoms with Gasteiger partial charge in [0.15, 0.2) is 5.57 Å². The second-order valence-corrected chi connectivity index (χ2v) is 8.67. The lowest BCUT2D eigenvalue weighted by atomic mass is 10.2. The summed E-state index contributed by atoms with van der Waals surface area (Å²) in [7, 11) is 4.57. The van der Waals surface area contributed by atoms with Crippen LogP contribution >= 0.6 is 11.3 Å². The lowest BCUT2D eigenvalue weighted by molar-refractivity contribution is -0.111. The van der Waals surface area contributed by atoms with Gasteiger partial charge >= 0.3 is 0 Å². The molecule has 0 unspecified atom stereocenters. The Morgan fingerprint density at radius 1 is 0.946 bits per heavy atom. The summed E-state index contributed by atoms with van der Waals surface area (Å²) in [6.07, 6.45) is 1.66. The lowest BCUT2D eigenvalue weighted by Gasteiger charge is -2.09. The van der Waals surface area contributed by atoms with E-state index < -0.39 is 5.91 Å². The van der Waals surface area contributed by atoms with E-state index in [4.69, 9.17) is 14.2 Å². The van der Waals surface area contributed by atoms with Gasteiger partial charge in [-0.1, -0.05) is 30.3 Å². The van der Waals surface area contributed by atoms with Crippen molar-refractivity contribution in [2.24, 2.45) is 0 Å². The summed E-state index contributed by atoms with van der Waals surface area (Å²) < 4.78 is 17.9. The Morgan fingerprint density at radius 2 is 1.65 bits per heavy atom. The number of nitriles is 1. The van der Waals surface area contributed by atoms with Crippen LogP contribution in [0.5, 0.6) is 17.2 Å². The number of thiazole rings is 1. The smallest absolute Gasteiger partial charge is 0.273 e. The van der Waals surface area contributed by atoms with Crippen molar-refractivity contribution in [1.82, 2.24) is 4.57 Å². The number of rotatable bonds is 7. The van der Waals surface area contributed by atoms with Gasteiger partial charge in [0.05, 0.1) is 37.2 Å². The molecule has 0 atom stereocenters. The number of benzene rings is 3. The van der Waals surface area contributed by atoms with Crippen LogP contribution in [0.3, 0.4) is 0 Å². The third-order valence-electron chi connectivity index (χ3n) is 5.47. The molecular formula is C28H23N3O5S. The van der Waals surface area contributed by atoms with Crippen molar-refractivity contribution in [3.8, 4) is 29.0 Å². The Morgan fingerprint density at radius 3 is 2.32 bits per heavy atom. The highest BCUT2D eigenvalue weighted by molar-refractivity contribution is 7.07. The van der Waals surface area contributed by atoms with Crippen LogP contribution in [-0.2, 0) is 4.79 Å². The Labute approximate surface area is 216 Å².